The molecule has 120 valence electrons. The number of hydrogen-bond acceptors (Lipinski definition) is 6. The molecule has 0 atom stereocenters. The molecule has 0 amide bonds. The van der Waals surface area contributed by atoms with Crippen LogP contribution >= 0.6 is 11.3 Å². The van der Waals surface area contributed by atoms with Crippen molar-refractivity contribution in [2.45, 2.75) is 6.92 Å². The lowest BCUT2D eigenvalue weighted by Gasteiger charge is -2.08. The molecule has 5 nitrogen and oxygen atoms in total. The van der Waals surface area contributed by atoms with Gasteiger partial charge in [0.25, 0.3) is 0 Å². The maximum atomic E-state index is 13.7. The first-order chi connectivity index (χ1) is 11.5. The minimum Gasteiger partial charge on any atom is -0.398 e. The van der Waals surface area contributed by atoms with E-state index in [9.17, 15) is 9.18 Å². The van der Waals surface area contributed by atoms with Crippen LogP contribution in [-0.4, -0.2) is 22.0 Å². The van der Waals surface area contributed by atoms with Crippen molar-refractivity contribution in [1.29, 1.82) is 5.41 Å². The molecule has 0 aliphatic carbocycles. The summed E-state index contributed by atoms with van der Waals surface area (Å²) >= 11 is 1.18. The molecule has 0 unspecified atom stereocenters. The summed E-state index contributed by atoms with van der Waals surface area (Å²) in [6, 6.07) is 6.08. The zero-order valence-corrected chi connectivity index (χ0v) is 13.5. The largest absolute Gasteiger partial charge is 0.398 e. The third kappa shape index (κ3) is 2.81. The van der Waals surface area contributed by atoms with E-state index in [1.54, 1.807) is 25.4 Å². The third-order valence-corrected chi connectivity index (χ3v) is 4.66. The maximum Gasteiger partial charge on any atom is 0.169 e. The summed E-state index contributed by atoms with van der Waals surface area (Å²) in [5.74, 6) is -0.471. The number of nitrogens with zero attached hydrogens (tertiary/aromatic N) is 2. The molecular weight excluding hydrogens is 327 g/mol. The lowest BCUT2D eigenvalue weighted by Crippen LogP contribution is -2.07. The number of thiazole rings is 1. The van der Waals surface area contributed by atoms with Gasteiger partial charge in [-0.25, -0.2) is 9.37 Å². The van der Waals surface area contributed by atoms with Gasteiger partial charge in [0, 0.05) is 29.2 Å². The summed E-state index contributed by atoms with van der Waals surface area (Å²) < 4.78 is 13.7. The lowest BCUT2D eigenvalue weighted by molar-refractivity contribution is 0.112. The van der Waals surface area contributed by atoms with Crippen LogP contribution < -0.4 is 5.73 Å². The average molecular weight is 340 g/mol. The molecule has 0 aliphatic heterocycles. The molecule has 0 saturated heterocycles. The Morgan fingerprint density at radius 3 is 2.88 bits per heavy atom. The average Bonchev–Trinajstić information content (AvgIpc) is 3.02. The van der Waals surface area contributed by atoms with Crippen LogP contribution in [-0.2, 0) is 0 Å². The summed E-state index contributed by atoms with van der Waals surface area (Å²) in [5.41, 5.74) is 8.05. The van der Waals surface area contributed by atoms with Crippen molar-refractivity contribution in [2.75, 3.05) is 5.73 Å². The van der Waals surface area contributed by atoms with Crippen molar-refractivity contribution in [3.05, 3.63) is 64.3 Å². The molecule has 0 spiro atoms. The Kier molecular flexibility index (Phi) is 4.18. The van der Waals surface area contributed by atoms with Crippen LogP contribution in [0.1, 0.15) is 26.6 Å². The van der Waals surface area contributed by atoms with Crippen molar-refractivity contribution >= 4 is 29.0 Å². The first-order valence-electron chi connectivity index (χ1n) is 7.02. The molecule has 3 rings (SSSR count). The van der Waals surface area contributed by atoms with Crippen LogP contribution in [0.5, 0.6) is 0 Å². The normalized spacial score (nSPS) is 10.6. The van der Waals surface area contributed by atoms with Gasteiger partial charge >= 0.3 is 0 Å². The number of pyridine rings is 1. The fourth-order valence-electron chi connectivity index (χ4n) is 2.30. The van der Waals surface area contributed by atoms with Crippen LogP contribution in [0.3, 0.4) is 0 Å². The van der Waals surface area contributed by atoms with E-state index in [1.807, 2.05) is 6.07 Å². The van der Waals surface area contributed by atoms with Crippen molar-refractivity contribution in [3.63, 3.8) is 0 Å². The summed E-state index contributed by atoms with van der Waals surface area (Å²) in [6.45, 7) is 1.68. The monoisotopic (exact) mass is 340 g/mol. The predicted molar refractivity (Wildman–Crippen MR) is 92.2 cm³/mol. The molecule has 0 aliphatic rings. The van der Waals surface area contributed by atoms with Gasteiger partial charge in [-0.05, 0) is 30.7 Å². The number of hydrogen-bond donors (Lipinski definition) is 2. The number of aryl methyl sites for hydroxylation is 1. The zero-order chi connectivity index (χ0) is 17.3. The highest BCUT2D eigenvalue weighted by Gasteiger charge is 2.19. The van der Waals surface area contributed by atoms with Gasteiger partial charge in [-0.3, -0.25) is 15.2 Å². The van der Waals surface area contributed by atoms with E-state index in [-0.39, 0.29) is 17.0 Å². The number of anilines is 1. The molecule has 0 fully saturated rings. The summed E-state index contributed by atoms with van der Waals surface area (Å²) in [7, 11) is 0. The van der Waals surface area contributed by atoms with E-state index in [0.29, 0.717) is 27.4 Å². The minimum atomic E-state index is -0.471. The molecular formula is C17H13FN4OS. The van der Waals surface area contributed by atoms with Crippen LogP contribution in [0.4, 0.5) is 10.1 Å². The fraction of sp³-hybridized carbons (Fsp3) is 0.0588. The standard InChI is InChI=1S/C17H13FN4OS/c1-9-5-11(18)6-12(14(9)19)15(20)17-22-13(8-23)16(24-17)10-3-2-4-21-7-10/h2-8,20H,19H2,1H3. The fourth-order valence-corrected chi connectivity index (χ4v) is 3.29. The maximum absolute atomic E-state index is 13.7. The van der Waals surface area contributed by atoms with Gasteiger partial charge in [0.15, 0.2) is 6.29 Å². The number of benzene rings is 1. The SMILES string of the molecule is Cc1cc(F)cc(C(=N)c2nc(C=O)c(-c3cccnc3)s2)c1N. The van der Waals surface area contributed by atoms with Crippen molar-refractivity contribution < 1.29 is 9.18 Å². The Bertz CT molecular complexity index is 937. The number of nitrogen functional groups attached to an aromatic ring is 1. The molecule has 0 bridgehead atoms. The molecule has 3 aromatic rings. The Labute approximate surface area is 141 Å². The van der Waals surface area contributed by atoms with E-state index >= 15 is 0 Å². The van der Waals surface area contributed by atoms with Gasteiger partial charge in [0.2, 0.25) is 0 Å². The molecule has 3 N–H and O–H groups in total. The molecule has 2 aromatic heterocycles. The third-order valence-electron chi connectivity index (χ3n) is 3.52. The van der Waals surface area contributed by atoms with E-state index in [1.165, 1.54) is 23.5 Å². The van der Waals surface area contributed by atoms with Gasteiger partial charge in [0.1, 0.15) is 16.5 Å². The lowest BCUT2D eigenvalue weighted by atomic mass is 10.0. The van der Waals surface area contributed by atoms with Crippen molar-refractivity contribution in [3.8, 4) is 10.4 Å². The van der Waals surface area contributed by atoms with Gasteiger partial charge in [-0.2, -0.15) is 0 Å². The molecule has 1 aromatic carbocycles. The van der Waals surface area contributed by atoms with Gasteiger partial charge < -0.3 is 5.73 Å². The summed E-state index contributed by atoms with van der Waals surface area (Å²) in [5, 5.41) is 8.62. The quantitative estimate of drug-likeness (QED) is 0.432. The Morgan fingerprint density at radius 2 is 2.21 bits per heavy atom. The smallest absolute Gasteiger partial charge is 0.169 e. The van der Waals surface area contributed by atoms with Crippen LogP contribution in [0.15, 0.2) is 36.7 Å². The van der Waals surface area contributed by atoms with E-state index in [4.69, 9.17) is 11.1 Å². The number of aromatic nitrogens is 2. The Morgan fingerprint density at radius 1 is 1.42 bits per heavy atom. The second-order valence-electron chi connectivity index (χ2n) is 5.15. The first-order valence-corrected chi connectivity index (χ1v) is 7.84. The Balaban J connectivity index is 2.10. The van der Waals surface area contributed by atoms with E-state index in [2.05, 4.69) is 9.97 Å². The molecule has 24 heavy (non-hydrogen) atoms. The highest BCUT2D eigenvalue weighted by Crippen LogP contribution is 2.31. The number of halogens is 1. The molecule has 0 radical (unpaired) electrons. The minimum absolute atomic E-state index is 0.0154. The number of nitrogens with two attached hydrogens (primary N) is 1. The molecule has 0 saturated carbocycles. The van der Waals surface area contributed by atoms with E-state index < -0.39 is 5.82 Å². The van der Waals surface area contributed by atoms with Gasteiger partial charge in [-0.15, -0.1) is 11.3 Å². The highest BCUT2D eigenvalue weighted by molar-refractivity contribution is 7.17. The highest BCUT2D eigenvalue weighted by atomic mass is 32.1. The number of nitrogens with one attached hydrogen (secondary N) is 1. The van der Waals surface area contributed by atoms with Gasteiger partial charge in [-0.1, -0.05) is 6.07 Å². The molecule has 2 heterocycles. The summed E-state index contributed by atoms with van der Waals surface area (Å²) in [4.78, 5) is 20.2. The Hall–Kier alpha value is -2.93. The van der Waals surface area contributed by atoms with E-state index in [0.717, 1.165) is 5.56 Å². The number of carbonyl (C=O) groups is 1. The first kappa shape index (κ1) is 15.9. The molecule has 7 heteroatoms. The predicted octanol–water partition coefficient (Wildman–Crippen LogP) is 3.46. The number of carbonyl (C=O) groups excluding carboxylic acids is 1. The van der Waals surface area contributed by atoms with Crippen LogP contribution in [0, 0.1) is 18.2 Å². The second kappa shape index (κ2) is 6.29. The second-order valence-corrected chi connectivity index (χ2v) is 6.15. The topological polar surface area (TPSA) is 92.7 Å². The van der Waals surface area contributed by atoms with Gasteiger partial charge in [0.05, 0.1) is 10.6 Å². The van der Waals surface area contributed by atoms with Crippen molar-refractivity contribution in [2.24, 2.45) is 0 Å². The van der Waals surface area contributed by atoms with Crippen LogP contribution in [0.2, 0.25) is 0 Å². The number of aldehydes is 1. The zero-order valence-electron chi connectivity index (χ0n) is 12.7. The van der Waals surface area contributed by atoms with Crippen molar-refractivity contribution in [1.82, 2.24) is 9.97 Å². The number of rotatable bonds is 4. The summed E-state index contributed by atoms with van der Waals surface area (Å²) in [6.07, 6.45) is 3.88. The van der Waals surface area contributed by atoms with Crippen LogP contribution in [0.25, 0.3) is 10.4 Å².